The van der Waals surface area contributed by atoms with Gasteiger partial charge in [0.1, 0.15) is 13.2 Å². The van der Waals surface area contributed by atoms with Gasteiger partial charge in [-0.3, -0.25) is 15.6 Å². The molecule has 0 bridgehead atoms. The van der Waals surface area contributed by atoms with Gasteiger partial charge in [0.05, 0.1) is 5.02 Å². The fourth-order valence-electron chi connectivity index (χ4n) is 3.16. The maximum Gasteiger partial charge on any atom is 0.269 e. The van der Waals surface area contributed by atoms with Gasteiger partial charge < -0.3 is 14.8 Å². The minimum absolute atomic E-state index is 0.342. The van der Waals surface area contributed by atoms with Gasteiger partial charge in [-0.15, -0.1) is 0 Å². The van der Waals surface area contributed by atoms with Crippen molar-refractivity contribution in [2.75, 3.05) is 13.2 Å². The Labute approximate surface area is 157 Å². The topological polar surface area (TPSA) is 71.6 Å². The molecule has 1 aliphatic heterocycles. The molecule has 3 rings (SSSR count). The van der Waals surface area contributed by atoms with Crippen LogP contribution in [0.5, 0.6) is 11.5 Å². The van der Waals surface area contributed by atoms with Crippen molar-refractivity contribution < 1.29 is 14.3 Å². The predicted octanol–water partition coefficient (Wildman–Crippen LogP) is 2.80. The Bertz CT molecular complexity index is 671. The van der Waals surface area contributed by atoms with Gasteiger partial charge in [0.25, 0.3) is 5.91 Å². The first-order valence-corrected chi connectivity index (χ1v) is 9.29. The van der Waals surface area contributed by atoms with Crippen LogP contribution in [0.3, 0.4) is 0 Å². The molecule has 2 unspecified atom stereocenters. The molecule has 1 heterocycles. The van der Waals surface area contributed by atoms with Crippen LogP contribution >= 0.6 is 23.8 Å². The lowest BCUT2D eigenvalue weighted by atomic mass is 9.86. The van der Waals surface area contributed by atoms with E-state index < -0.39 is 0 Å². The molecule has 1 saturated carbocycles. The number of carbonyl (C=O) groups excluding carboxylic acids is 1. The number of hydrogen-bond donors (Lipinski definition) is 3. The van der Waals surface area contributed by atoms with E-state index in [1.54, 1.807) is 12.1 Å². The summed E-state index contributed by atoms with van der Waals surface area (Å²) in [5, 5.41) is 4.03. The average molecular weight is 384 g/mol. The molecule has 0 aromatic heterocycles. The Balaban J connectivity index is 1.55. The van der Waals surface area contributed by atoms with Crippen LogP contribution in [0.4, 0.5) is 0 Å². The zero-order valence-electron chi connectivity index (χ0n) is 14.1. The summed E-state index contributed by atoms with van der Waals surface area (Å²) in [6.07, 6.45) is 4.75. The van der Waals surface area contributed by atoms with E-state index in [0.717, 1.165) is 6.42 Å². The van der Waals surface area contributed by atoms with Gasteiger partial charge in [0, 0.05) is 11.6 Å². The molecule has 1 aliphatic carbocycles. The molecule has 3 N–H and O–H groups in total. The van der Waals surface area contributed by atoms with Crippen molar-refractivity contribution in [3.8, 4) is 11.5 Å². The molecule has 0 spiro atoms. The minimum atomic E-state index is -0.347. The highest BCUT2D eigenvalue weighted by atomic mass is 35.5. The predicted molar refractivity (Wildman–Crippen MR) is 100 cm³/mol. The number of carbonyl (C=O) groups is 1. The van der Waals surface area contributed by atoms with Gasteiger partial charge in [-0.2, -0.15) is 0 Å². The summed E-state index contributed by atoms with van der Waals surface area (Å²) in [4.78, 5) is 12.3. The molecule has 1 fully saturated rings. The summed E-state index contributed by atoms with van der Waals surface area (Å²) in [7, 11) is 0. The van der Waals surface area contributed by atoms with Crippen LogP contribution in [0.15, 0.2) is 12.1 Å². The average Bonchev–Trinajstić information content (AvgIpc) is 2.61. The lowest BCUT2D eigenvalue weighted by Crippen LogP contribution is -2.51. The third kappa shape index (κ3) is 4.46. The van der Waals surface area contributed by atoms with Crippen LogP contribution in [-0.2, 0) is 0 Å². The second kappa shape index (κ2) is 8.10. The molecule has 8 heteroatoms. The van der Waals surface area contributed by atoms with Crippen LogP contribution in [0.1, 0.15) is 43.0 Å². The summed E-state index contributed by atoms with van der Waals surface area (Å²) in [6, 6.07) is 3.50. The van der Waals surface area contributed by atoms with E-state index in [2.05, 4.69) is 23.1 Å². The van der Waals surface area contributed by atoms with Crippen LogP contribution in [0, 0.1) is 5.92 Å². The summed E-state index contributed by atoms with van der Waals surface area (Å²) in [6.45, 7) is 3.09. The van der Waals surface area contributed by atoms with Gasteiger partial charge in [-0.05, 0) is 43.1 Å². The van der Waals surface area contributed by atoms with E-state index in [-0.39, 0.29) is 5.91 Å². The Morgan fingerprint density at radius 2 is 1.96 bits per heavy atom. The van der Waals surface area contributed by atoms with Crippen LogP contribution in [0.2, 0.25) is 5.02 Å². The first kappa shape index (κ1) is 18.1. The highest BCUT2D eigenvalue weighted by molar-refractivity contribution is 7.80. The molecule has 1 amide bonds. The normalized spacial score (nSPS) is 22.0. The lowest BCUT2D eigenvalue weighted by Gasteiger charge is -2.30. The van der Waals surface area contributed by atoms with Crippen molar-refractivity contribution in [1.82, 2.24) is 16.2 Å². The molecule has 25 heavy (non-hydrogen) atoms. The third-order valence-electron chi connectivity index (χ3n) is 4.58. The molecule has 0 radical (unpaired) electrons. The summed E-state index contributed by atoms with van der Waals surface area (Å²) >= 11 is 11.4. The molecule has 0 saturated heterocycles. The minimum Gasteiger partial charge on any atom is -0.486 e. The van der Waals surface area contributed by atoms with Gasteiger partial charge in [-0.25, -0.2) is 0 Å². The lowest BCUT2D eigenvalue weighted by molar-refractivity contribution is 0.0942. The number of amides is 1. The first-order valence-electron chi connectivity index (χ1n) is 8.50. The number of hydrazine groups is 1. The second-order valence-corrected chi connectivity index (χ2v) is 7.22. The molecule has 136 valence electrons. The fourth-order valence-corrected chi connectivity index (χ4v) is 3.63. The Morgan fingerprint density at radius 3 is 2.76 bits per heavy atom. The maximum absolute atomic E-state index is 12.3. The van der Waals surface area contributed by atoms with E-state index in [0.29, 0.717) is 52.4 Å². The molecule has 1 aromatic rings. The monoisotopic (exact) mass is 383 g/mol. The van der Waals surface area contributed by atoms with Crippen molar-refractivity contribution in [2.45, 2.75) is 38.6 Å². The van der Waals surface area contributed by atoms with Gasteiger partial charge in [-0.1, -0.05) is 31.4 Å². The van der Waals surface area contributed by atoms with E-state index in [1.807, 2.05) is 0 Å². The summed E-state index contributed by atoms with van der Waals surface area (Å²) in [5.74, 6) is 1.17. The van der Waals surface area contributed by atoms with E-state index >= 15 is 0 Å². The largest absolute Gasteiger partial charge is 0.486 e. The van der Waals surface area contributed by atoms with Crippen molar-refractivity contribution in [1.29, 1.82) is 0 Å². The molecular weight excluding hydrogens is 362 g/mol. The Hall–Kier alpha value is -1.73. The van der Waals surface area contributed by atoms with Crippen molar-refractivity contribution in [3.05, 3.63) is 22.7 Å². The number of nitrogens with one attached hydrogen (secondary N) is 3. The number of benzene rings is 1. The highest BCUT2D eigenvalue weighted by Gasteiger charge is 2.22. The summed E-state index contributed by atoms with van der Waals surface area (Å²) in [5.41, 5.74) is 5.71. The number of halogens is 1. The number of thiocarbonyl (C=S) groups is 1. The molecule has 2 aliphatic rings. The Kier molecular flexibility index (Phi) is 5.86. The second-order valence-electron chi connectivity index (χ2n) is 6.40. The number of ether oxygens (including phenoxy) is 2. The standard InChI is InChI=1S/C17H22ClN3O3S/c1-10-4-2-3-5-13(10)19-17(25)21-20-16(22)11-8-12(18)15-14(9-11)23-6-7-24-15/h8-10,13H,2-7H2,1H3,(H,20,22)(H2,19,21,25). The zero-order valence-corrected chi connectivity index (χ0v) is 15.6. The van der Waals surface area contributed by atoms with E-state index in [4.69, 9.17) is 33.3 Å². The zero-order chi connectivity index (χ0) is 17.8. The smallest absolute Gasteiger partial charge is 0.269 e. The summed E-state index contributed by atoms with van der Waals surface area (Å²) < 4.78 is 10.9. The van der Waals surface area contributed by atoms with Crippen LogP contribution in [0.25, 0.3) is 0 Å². The number of hydrogen-bond acceptors (Lipinski definition) is 4. The fraction of sp³-hybridized carbons (Fsp3) is 0.529. The highest BCUT2D eigenvalue weighted by Crippen LogP contribution is 2.38. The third-order valence-corrected chi connectivity index (χ3v) is 5.08. The molecular formula is C17H22ClN3O3S. The molecule has 1 aromatic carbocycles. The SMILES string of the molecule is CC1CCCCC1NC(=S)NNC(=O)c1cc(Cl)c2c(c1)OCCO2. The van der Waals surface area contributed by atoms with E-state index in [9.17, 15) is 4.79 Å². The van der Waals surface area contributed by atoms with Crippen LogP contribution < -0.4 is 25.6 Å². The molecule has 2 atom stereocenters. The van der Waals surface area contributed by atoms with Crippen molar-refractivity contribution in [3.63, 3.8) is 0 Å². The van der Waals surface area contributed by atoms with E-state index in [1.165, 1.54) is 19.3 Å². The molecule has 6 nitrogen and oxygen atoms in total. The Morgan fingerprint density at radius 1 is 1.20 bits per heavy atom. The maximum atomic E-state index is 12.3. The van der Waals surface area contributed by atoms with Crippen molar-refractivity contribution >= 4 is 34.8 Å². The van der Waals surface area contributed by atoms with Crippen molar-refractivity contribution in [2.24, 2.45) is 5.92 Å². The van der Waals surface area contributed by atoms with Gasteiger partial charge in [0.15, 0.2) is 16.6 Å². The van der Waals surface area contributed by atoms with Gasteiger partial charge >= 0.3 is 0 Å². The number of fused-ring (bicyclic) bond motifs is 1. The van der Waals surface area contributed by atoms with Crippen LogP contribution in [-0.4, -0.2) is 30.3 Å². The number of rotatable bonds is 2. The quantitative estimate of drug-likeness (QED) is 0.539. The first-order chi connectivity index (χ1) is 12.0. The van der Waals surface area contributed by atoms with Gasteiger partial charge in [0.2, 0.25) is 0 Å².